The quantitative estimate of drug-likeness (QED) is 0.488. The van der Waals surface area contributed by atoms with E-state index in [4.69, 9.17) is 14.2 Å². The van der Waals surface area contributed by atoms with E-state index < -0.39 is 41.8 Å². The van der Waals surface area contributed by atoms with E-state index in [1.807, 2.05) is 6.92 Å². The van der Waals surface area contributed by atoms with E-state index in [1.54, 1.807) is 6.92 Å². The van der Waals surface area contributed by atoms with Gasteiger partial charge in [-0.1, -0.05) is 0 Å². The van der Waals surface area contributed by atoms with Crippen LogP contribution >= 0.6 is 0 Å². The fourth-order valence-corrected chi connectivity index (χ4v) is 4.46. The smallest absolute Gasteiger partial charge is 0.421 e. The van der Waals surface area contributed by atoms with Crippen molar-refractivity contribution in [3.05, 3.63) is 23.7 Å². The Morgan fingerprint density at radius 1 is 1.38 bits per heavy atom. The minimum absolute atomic E-state index is 0.00424. The maximum atomic E-state index is 15.3. The third-order valence-electron chi connectivity index (χ3n) is 6.76. The van der Waals surface area contributed by atoms with E-state index in [0.717, 1.165) is 17.2 Å². The number of halogens is 4. The summed E-state index contributed by atoms with van der Waals surface area (Å²) in [5, 5.41) is 2.72. The monoisotopic (exact) mass is 529 g/mol. The maximum Gasteiger partial charge on any atom is 0.421 e. The van der Waals surface area contributed by atoms with Crippen molar-refractivity contribution in [1.29, 1.82) is 0 Å². The molecule has 5 rings (SSSR count). The number of aliphatic imine (C=N–C) groups is 1. The summed E-state index contributed by atoms with van der Waals surface area (Å²) in [5.74, 6) is 0.250. The highest BCUT2D eigenvalue weighted by molar-refractivity contribution is 5.87. The molecule has 1 unspecified atom stereocenters. The Morgan fingerprint density at radius 2 is 2.14 bits per heavy atom. The predicted octanol–water partition coefficient (Wildman–Crippen LogP) is 2.57. The highest BCUT2D eigenvalue weighted by Crippen LogP contribution is 2.36. The van der Waals surface area contributed by atoms with Crippen LogP contribution in [0.2, 0.25) is 0 Å². The van der Waals surface area contributed by atoms with E-state index in [0.29, 0.717) is 12.0 Å². The number of rotatable bonds is 6. The van der Waals surface area contributed by atoms with Crippen LogP contribution in [0.1, 0.15) is 44.4 Å². The standard InChI is InChI=1S/C22H27F4N7O4/c1-20(4-5-20)30-19(34)37-13-10-36-16(15(13)23)21(2)6-14(31-32-21)29-18-27-7-12(22(24,25)26)17-28-11(9-35-3)8-33(17)18/h7-8,13,15-16,32H,4-6,9-10H2,1-3H3,(H,30,34)(H,27,29,31)/t13-,15-,16+,21?/m0/s1. The molecule has 11 nitrogen and oxygen atoms in total. The molecular formula is C22H27F4N7O4. The number of hydrazine groups is 1. The van der Waals surface area contributed by atoms with E-state index in [9.17, 15) is 18.0 Å². The molecule has 0 spiro atoms. The first kappa shape index (κ1) is 25.6. The first-order valence-corrected chi connectivity index (χ1v) is 11.7. The molecule has 202 valence electrons. The number of alkyl halides is 4. The normalized spacial score (nSPS) is 30.0. The summed E-state index contributed by atoms with van der Waals surface area (Å²) >= 11 is 0. The number of carbonyl (C=O) groups is 1. The van der Waals surface area contributed by atoms with Gasteiger partial charge in [0.15, 0.2) is 17.9 Å². The number of hydrogen-bond acceptors (Lipinski definition) is 8. The van der Waals surface area contributed by atoms with E-state index in [1.165, 1.54) is 13.3 Å². The van der Waals surface area contributed by atoms with Crippen LogP contribution < -0.4 is 16.2 Å². The van der Waals surface area contributed by atoms with Gasteiger partial charge < -0.3 is 25.0 Å². The molecule has 2 aromatic rings. The second kappa shape index (κ2) is 9.06. The zero-order chi connectivity index (χ0) is 26.6. The van der Waals surface area contributed by atoms with Crippen LogP contribution in [-0.4, -0.2) is 69.5 Å². The molecule has 1 amide bonds. The highest BCUT2D eigenvalue weighted by Gasteiger charge is 2.53. The molecule has 3 aliphatic rings. The van der Waals surface area contributed by atoms with Gasteiger partial charge >= 0.3 is 12.3 Å². The van der Waals surface area contributed by atoms with Gasteiger partial charge in [0.2, 0.25) is 5.95 Å². The summed E-state index contributed by atoms with van der Waals surface area (Å²) < 4.78 is 72.8. The minimum atomic E-state index is -4.66. The molecule has 3 fully saturated rings. The van der Waals surface area contributed by atoms with Gasteiger partial charge in [-0.3, -0.25) is 4.40 Å². The molecule has 15 heteroatoms. The van der Waals surface area contributed by atoms with Crippen molar-refractivity contribution in [2.24, 2.45) is 4.99 Å². The molecule has 4 heterocycles. The Labute approximate surface area is 208 Å². The van der Waals surface area contributed by atoms with E-state index in [-0.39, 0.29) is 42.5 Å². The van der Waals surface area contributed by atoms with Crippen molar-refractivity contribution in [3.8, 4) is 0 Å². The number of amides is 1. The third-order valence-corrected chi connectivity index (χ3v) is 6.76. The lowest BCUT2D eigenvalue weighted by molar-refractivity contribution is -0.136. The number of ether oxygens (including phenoxy) is 3. The zero-order valence-corrected chi connectivity index (χ0v) is 20.4. The third kappa shape index (κ3) is 5.07. The van der Waals surface area contributed by atoms with Gasteiger partial charge in [-0.05, 0) is 26.7 Å². The number of fused-ring (bicyclic) bond motifs is 1. The second-order valence-electron chi connectivity index (χ2n) is 10.1. The molecule has 3 N–H and O–H groups in total. The van der Waals surface area contributed by atoms with Crippen LogP contribution in [0, 0.1) is 0 Å². The van der Waals surface area contributed by atoms with Gasteiger partial charge in [-0.2, -0.15) is 18.2 Å². The van der Waals surface area contributed by atoms with Crippen LogP contribution in [0.25, 0.3) is 5.65 Å². The fourth-order valence-electron chi connectivity index (χ4n) is 4.46. The average molecular weight is 529 g/mol. The SMILES string of the molecule is COCc1cn2c(/N=C3\CC(C)([C@@H]4OC[C@H](OC(=O)NC5(C)CC5)[C@@H]4F)NN3)ncc(C(F)(F)F)c2n1. The topological polar surface area (TPSA) is 123 Å². The molecule has 0 bridgehead atoms. The Balaban J connectivity index is 1.32. The van der Waals surface area contributed by atoms with Gasteiger partial charge in [0.05, 0.1) is 24.4 Å². The summed E-state index contributed by atoms with van der Waals surface area (Å²) in [6.45, 7) is 3.48. The van der Waals surface area contributed by atoms with Crippen LogP contribution in [0.15, 0.2) is 17.4 Å². The number of imidazole rings is 1. The minimum Gasteiger partial charge on any atom is -0.441 e. The number of aromatic nitrogens is 3. The molecule has 2 aliphatic heterocycles. The van der Waals surface area contributed by atoms with Crippen molar-refractivity contribution in [1.82, 2.24) is 30.5 Å². The fraction of sp³-hybridized carbons (Fsp3) is 0.636. The highest BCUT2D eigenvalue weighted by atomic mass is 19.4. The van der Waals surface area contributed by atoms with Crippen LogP contribution in [-0.2, 0) is 27.0 Å². The summed E-state index contributed by atoms with van der Waals surface area (Å²) in [5.41, 5.74) is 3.41. The largest absolute Gasteiger partial charge is 0.441 e. The summed E-state index contributed by atoms with van der Waals surface area (Å²) in [7, 11) is 1.40. The van der Waals surface area contributed by atoms with Crippen LogP contribution in [0.3, 0.4) is 0 Å². The lowest BCUT2D eigenvalue weighted by Gasteiger charge is -2.30. The molecule has 1 saturated carbocycles. The molecular weight excluding hydrogens is 502 g/mol. The molecule has 37 heavy (non-hydrogen) atoms. The number of nitrogens with one attached hydrogen (secondary N) is 3. The summed E-state index contributed by atoms with van der Waals surface area (Å²) in [6.07, 6.45) is -5.16. The van der Waals surface area contributed by atoms with Gasteiger partial charge in [0, 0.05) is 31.5 Å². The molecule has 1 aliphatic carbocycles. The lowest BCUT2D eigenvalue weighted by atomic mass is 9.89. The number of amidine groups is 1. The lowest BCUT2D eigenvalue weighted by Crippen LogP contribution is -2.54. The number of carbonyl (C=O) groups excluding carboxylic acids is 1. The number of hydrogen-bond donors (Lipinski definition) is 3. The number of methoxy groups -OCH3 is 1. The average Bonchev–Trinajstić information content (AvgIpc) is 3.13. The maximum absolute atomic E-state index is 15.3. The van der Waals surface area contributed by atoms with E-state index >= 15 is 4.39 Å². The first-order chi connectivity index (χ1) is 17.4. The Hall–Kier alpha value is -3.04. The van der Waals surface area contributed by atoms with E-state index in [2.05, 4.69) is 31.1 Å². The Kier molecular flexibility index (Phi) is 6.27. The van der Waals surface area contributed by atoms with Gasteiger partial charge in [0.1, 0.15) is 17.5 Å². The Bertz CT molecular complexity index is 1230. The van der Waals surface area contributed by atoms with Crippen LogP contribution in [0.5, 0.6) is 0 Å². The van der Waals surface area contributed by atoms with Crippen molar-refractivity contribution < 1.29 is 36.6 Å². The van der Waals surface area contributed by atoms with Crippen LogP contribution in [0.4, 0.5) is 28.3 Å². The molecule has 0 radical (unpaired) electrons. The second-order valence-corrected chi connectivity index (χ2v) is 10.1. The van der Waals surface area contributed by atoms with Crippen molar-refractivity contribution in [3.63, 3.8) is 0 Å². The summed E-state index contributed by atoms with van der Waals surface area (Å²) in [4.78, 5) is 24.4. The molecule has 4 atom stereocenters. The van der Waals surface area contributed by atoms with Crippen molar-refractivity contribution >= 4 is 23.5 Å². The number of nitrogens with zero attached hydrogens (tertiary/aromatic N) is 4. The number of alkyl carbamates (subject to hydrolysis) is 1. The predicted molar refractivity (Wildman–Crippen MR) is 121 cm³/mol. The first-order valence-electron chi connectivity index (χ1n) is 11.7. The summed E-state index contributed by atoms with van der Waals surface area (Å²) in [6, 6.07) is 0. The van der Waals surface area contributed by atoms with Gasteiger partial charge in [0.25, 0.3) is 0 Å². The molecule has 0 aromatic carbocycles. The Morgan fingerprint density at radius 3 is 2.81 bits per heavy atom. The van der Waals surface area contributed by atoms with Crippen molar-refractivity contribution in [2.45, 2.75) is 75.4 Å². The molecule has 2 aromatic heterocycles. The van der Waals surface area contributed by atoms with Crippen molar-refractivity contribution in [2.75, 3.05) is 13.7 Å². The van der Waals surface area contributed by atoms with Gasteiger partial charge in [-0.25, -0.2) is 24.6 Å². The van der Waals surface area contributed by atoms with Gasteiger partial charge in [-0.15, -0.1) is 0 Å². The molecule has 2 saturated heterocycles. The zero-order valence-electron chi connectivity index (χ0n) is 20.4.